The summed E-state index contributed by atoms with van der Waals surface area (Å²) in [6.07, 6.45) is 1.02. The average molecular weight is 382 g/mol. The van der Waals surface area contributed by atoms with Crippen LogP contribution in [0.1, 0.15) is 25.8 Å². The van der Waals surface area contributed by atoms with Gasteiger partial charge in [-0.1, -0.05) is 24.6 Å². The molecule has 0 radical (unpaired) electrons. The molecule has 0 spiro atoms. The number of carbonyl (C=O) groups is 1. The second-order valence-electron chi connectivity index (χ2n) is 6.27. The Bertz CT molecular complexity index is 1020. The van der Waals surface area contributed by atoms with Gasteiger partial charge in [0.05, 0.1) is 12.0 Å². The maximum atomic E-state index is 12.7. The lowest BCUT2D eigenvalue weighted by atomic mass is 10.2. The largest absolute Gasteiger partial charge is 0.479 e. The average Bonchev–Trinajstić information content (AvgIpc) is 2.70. The molecule has 3 rings (SSSR count). The fourth-order valence-corrected chi connectivity index (χ4v) is 2.67. The predicted octanol–water partition coefficient (Wildman–Crippen LogP) is 4.61. The molecule has 0 aliphatic rings. The van der Waals surface area contributed by atoms with Crippen molar-refractivity contribution < 1.29 is 23.4 Å². The number of fused-ring (bicyclic) bond motifs is 1. The van der Waals surface area contributed by atoms with Crippen LogP contribution in [-0.2, 0) is 9.53 Å². The first kappa shape index (κ1) is 19.5. The molecule has 0 saturated heterocycles. The van der Waals surface area contributed by atoms with E-state index in [0.29, 0.717) is 28.9 Å². The zero-order chi connectivity index (χ0) is 20.1. The molecule has 1 atom stereocenters. The highest BCUT2D eigenvalue weighted by Gasteiger charge is 2.20. The van der Waals surface area contributed by atoms with Crippen LogP contribution in [0.25, 0.3) is 11.0 Å². The number of hydrogen-bond donors (Lipinski definition) is 0. The number of benzene rings is 2. The number of rotatable bonds is 7. The molecule has 6 heteroatoms. The van der Waals surface area contributed by atoms with Crippen molar-refractivity contribution in [2.24, 2.45) is 0 Å². The van der Waals surface area contributed by atoms with Crippen molar-refractivity contribution >= 4 is 16.9 Å². The lowest BCUT2D eigenvalue weighted by Gasteiger charge is -2.16. The number of esters is 1. The van der Waals surface area contributed by atoms with Crippen LogP contribution in [0.5, 0.6) is 17.2 Å². The zero-order valence-corrected chi connectivity index (χ0v) is 16.1. The summed E-state index contributed by atoms with van der Waals surface area (Å²) >= 11 is 0. The van der Waals surface area contributed by atoms with Gasteiger partial charge in [-0.25, -0.2) is 4.79 Å². The van der Waals surface area contributed by atoms with Crippen LogP contribution in [-0.4, -0.2) is 18.7 Å². The molecule has 0 bridgehead atoms. The van der Waals surface area contributed by atoms with Crippen molar-refractivity contribution in [1.82, 2.24) is 0 Å². The Hall–Kier alpha value is -3.28. The van der Waals surface area contributed by atoms with E-state index in [1.54, 1.807) is 37.3 Å². The SMILES string of the molecule is CCOC(=O)C(CC)Oc1ccc2c(=O)c(Oc3ccc(C)cc3)coc2c1. The third-order valence-corrected chi connectivity index (χ3v) is 4.16. The Morgan fingerprint density at radius 3 is 2.46 bits per heavy atom. The molecule has 3 aromatic rings. The van der Waals surface area contributed by atoms with Gasteiger partial charge in [-0.3, -0.25) is 4.79 Å². The van der Waals surface area contributed by atoms with E-state index in [-0.39, 0.29) is 17.8 Å². The second-order valence-corrected chi connectivity index (χ2v) is 6.27. The maximum Gasteiger partial charge on any atom is 0.347 e. The number of aryl methyl sites for hydroxylation is 1. The van der Waals surface area contributed by atoms with Crippen LogP contribution in [0.4, 0.5) is 0 Å². The summed E-state index contributed by atoms with van der Waals surface area (Å²) in [6.45, 7) is 5.83. The molecule has 0 N–H and O–H groups in total. The molecular formula is C22H22O6. The number of carbonyl (C=O) groups excluding carboxylic acids is 1. The van der Waals surface area contributed by atoms with Gasteiger partial charge in [0.1, 0.15) is 23.3 Å². The monoisotopic (exact) mass is 382 g/mol. The molecule has 146 valence electrons. The van der Waals surface area contributed by atoms with Gasteiger partial charge < -0.3 is 18.6 Å². The van der Waals surface area contributed by atoms with Gasteiger partial charge in [0, 0.05) is 6.07 Å². The highest BCUT2D eigenvalue weighted by atomic mass is 16.6. The van der Waals surface area contributed by atoms with Crippen molar-refractivity contribution in [3.8, 4) is 17.2 Å². The van der Waals surface area contributed by atoms with Crippen molar-refractivity contribution in [2.45, 2.75) is 33.3 Å². The molecule has 1 unspecified atom stereocenters. The third kappa shape index (κ3) is 4.34. The van der Waals surface area contributed by atoms with Crippen LogP contribution in [0.2, 0.25) is 0 Å². The Morgan fingerprint density at radius 1 is 1.07 bits per heavy atom. The molecule has 0 saturated carbocycles. The minimum Gasteiger partial charge on any atom is -0.479 e. The second kappa shape index (κ2) is 8.61. The molecule has 6 nitrogen and oxygen atoms in total. The van der Waals surface area contributed by atoms with E-state index in [2.05, 4.69) is 0 Å². The van der Waals surface area contributed by atoms with E-state index in [4.69, 9.17) is 18.6 Å². The zero-order valence-electron chi connectivity index (χ0n) is 16.1. The summed E-state index contributed by atoms with van der Waals surface area (Å²) < 4.78 is 21.9. The normalized spacial score (nSPS) is 11.8. The highest BCUT2D eigenvalue weighted by molar-refractivity contribution is 5.79. The van der Waals surface area contributed by atoms with Crippen molar-refractivity contribution in [2.75, 3.05) is 6.61 Å². The molecule has 0 aliphatic carbocycles. The summed E-state index contributed by atoms with van der Waals surface area (Å²) in [5, 5.41) is 0.362. The highest BCUT2D eigenvalue weighted by Crippen LogP contribution is 2.25. The Balaban J connectivity index is 1.84. The van der Waals surface area contributed by atoms with Crippen molar-refractivity contribution in [1.29, 1.82) is 0 Å². The Morgan fingerprint density at radius 2 is 1.79 bits per heavy atom. The smallest absolute Gasteiger partial charge is 0.347 e. The molecule has 2 aromatic carbocycles. The molecular weight excluding hydrogens is 360 g/mol. The van der Waals surface area contributed by atoms with E-state index in [1.165, 1.54) is 6.26 Å². The van der Waals surface area contributed by atoms with E-state index in [0.717, 1.165) is 5.56 Å². The van der Waals surface area contributed by atoms with E-state index in [9.17, 15) is 9.59 Å². The summed E-state index contributed by atoms with van der Waals surface area (Å²) in [6, 6.07) is 12.2. The summed E-state index contributed by atoms with van der Waals surface area (Å²) in [7, 11) is 0. The summed E-state index contributed by atoms with van der Waals surface area (Å²) in [5.41, 5.74) is 1.15. The van der Waals surface area contributed by atoms with Gasteiger partial charge in [-0.2, -0.15) is 0 Å². The first-order valence-corrected chi connectivity index (χ1v) is 9.15. The maximum absolute atomic E-state index is 12.7. The van der Waals surface area contributed by atoms with Crippen LogP contribution < -0.4 is 14.9 Å². The minimum absolute atomic E-state index is 0.1000. The van der Waals surface area contributed by atoms with Gasteiger partial charge >= 0.3 is 5.97 Å². The van der Waals surface area contributed by atoms with Crippen LogP contribution >= 0.6 is 0 Å². The lowest BCUT2D eigenvalue weighted by molar-refractivity contribution is -0.151. The van der Waals surface area contributed by atoms with Crippen LogP contribution in [0.3, 0.4) is 0 Å². The molecule has 0 aliphatic heterocycles. The standard InChI is InChI=1S/C22H22O6/c1-4-18(22(24)25-5-2)28-16-10-11-17-19(12-16)26-13-20(21(17)23)27-15-8-6-14(3)7-9-15/h6-13,18H,4-5H2,1-3H3. The van der Waals surface area contributed by atoms with Gasteiger partial charge in [0.15, 0.2) is 6.10 Å². The van der Waals surface area contributed by atoms with Crippen LogP contribution in [0.15, 0.2) is 57.9 Å². The molecule has 28 heavy (non-hydrogen) atoms. The fourth-order valence-electron chi connectivity index (χ4n) is 2.67. The number of ether oxygens (including phenoxy) is 3. The molecule has 1 aromatic heterocycles. The number of hydrogen-bond acceptors (Lipinski definition) is 6. The Kier molecular flexibility index (Phi) is 5.99. The molecule has 0 fully saturated rings. The summed E-state index contributed by atoms with van der Waals surface area (Å²) in [5.74, 6) is 0.650. The van der Waals surface area contributed by atoms with Crippen molar-refractivity contribution in [3.63, 3.8) is 0 Å². The quantitative estimate of drug-likeness (QED) is 0.555. The van der Waals surface area contributed by atoms with Crippen LogP contribution in [0, 0.1) is 6.92 Å². The van der Waals surface area contributed by atoms with Gasteiger partial charge in [0.2, 0.25) is 11.2 Å². The molecule has 0 amide bonds. The summed E-state index contributed by atoms with van der Waals surface area (Å²) in [4.78, 5) is 24.6. The van der Waals surface area contributed by atoms with Gasteiger partial charge in [-0.15, -0.1) is 0 Å². The van der Waals surface area contributed by atoms with Gasteiger partial charge in [-0.05, 0) is 44.5 Å². The lowest BCUT2D eigenvalue weighted by Crippen LogP contribution is -2.28. The topological polar surface area (TPSA) is 75.0 Å². The third-order valence-electron chi connectivity index (χ3n) is 4.16. The fraction of sp³-hybridized carbons (Fsp3) is 0.273. The van der Waals surface area contributed by atoms with E-state index >= 15 is 0 Å². The van der Waals surface area contributed by atoms with E-state index < -0.39 is 12.1 Å². The Labute approximate surface area is 162 Å². The minimum atomic E-state index is -0.715. The van der Waals surface area contributed by atoms with E-state index in [1.807, 2.05) is 26.0 Å². The predicted molar refractivity (Wildman–Crippen MR) is 105 cm³/mol. The van der Waals surface area contributed by atoms with Crippen molar-refractivity contribution in [3.05, 3.63) is 64.5 Å². The first-order valence-electron chi connectivity index (χ1n) is 9.15. The first-order chi connectivity index (χ1) is 13.5. The van der Waals surface area contributed by atoms with Gasteiger partial charge in [0.25, 0.3) is 0 Å². The molecule has 1 heterocycles.